The minimum atomic E-state index is 0.129. The van der Waals surface area contributed by atoms with Gasteiger partial charge in [0, 0.05) is 56.5 Å². The summed E-state index contributed by atoms with van der Waals surface area (Å²) in [6, 6.07) is 4.41. The predicted octanol–water partition coefficient (Wildman–Crippen LogP) is 2.34. The molecule has 2 aromatic rings. The standard InChI is InChI=1S/C16H20N2O2/c1-11(19)15-10-17(2)16-7-13-9-18(4-5-20-3)8-12(13)6-14(15)16/h6-7,10H,4-5,8-9H2,1-3H3. The van der Waals surface area contributed by atoms with Crippen molar-refractivity contribution < 1.29 is 9.53 Å². The van der Waals surface area contributed by atoms with Gasteiger partial charge >= 0.3 is 0 Å². The van der Waals surface area contributed by atoms with Crippen LogP contribution >= 0.6 is 0 Å². The van der Waals surface area contributed by atoms with Gasteiger partial charge in [0.2, 0.25) is 0 Å². The van der Waals surface area contributed by atoms with Gasteiger partial charge in [-0.15, -0.1) is 0 Å². The maximum atomic E-state index is 11.7. The van der Waals surface area contributed by atoms with Crippen LogP contribution in [-0.4, -0.2) is 35.5 Å². The van der Waals surface area contributed by atoms with Crippen molar-refractivity contribution in [2.24, 2.45) is 7.05 Å². The Morgan fingerprint density at radius 1 is 1.30 bits per heavy atom. The van der Waals surface area contributed by atoms with Crippen LogP contribution in [0.3, 0.4) is 0 Å². The topological polar surface area (TPSA) is 34.5 Å². The number of carbonyl (C=O) groups excluding carboxylic acids is 1. The van der Waals surface area contributed by atoms with Crippen molar-refractivity contribution in [2.45, 2.75) is 20.0 Å². The summed E-state index contributed by atoms with van der Waals surface area (Å²) in [6.07, 6.45) is 1.94. The first kappa shape index (κ1) is 13.3. The molecule has 4 heteroatoms. The zero-order valence-electron chi connectivity index (χ0n) is 12.3. The largest absolute Gasteiger partial charge is 0.383 e. The van der Waals surface area contributed by atoms with Gasteiger partial charge in [-0.1, -0.05) is 0 Å². The highest BCUT2D eigenvalue weighted by atomic mass is 16.5. The summed E-state index contributed by atoms with van der Waals surface area (Å²) in [5.41, 5.74) is 4.66. The molecule has 0 saturated carbocycles. The lowest BCUT2D eigenvalue weighted by Crippen LogP contribution is -2.21. The van der Waals surface area contributed by atoms with Gasteiger partial charge in [-0.2, -0.15) is 0 Å². The Labute approximate surface area is 118 Å². The number of aromatic nitrogens is 1. The Bertz CT molecular complexity index is 673. The number of Topliss-reactive ketones (excluding diaryl/α,β-unsaturated/α-hetero) is 1. The summed E-state index contributed by atoms with van der Waals surface area (Å²) in [7, 11) is 3.73. The van der Waals surface area contributed by atoms with E-state index in [2.05, 4.69) is 17.0 Å². The molecule has 0 saturated heterocycles. The lowest BCUT2D eigenvalue weighted by molar-refractivity contribution is 0.101. The van der Waals surface area contributed by atoms with Gasteiger partial charge in [-0.3, -0.25) is 9.69 Å². The molecule has 0 radical (unpaired) electrons. The molecule has 1 aliphatic rings. The third kappa shape index (κ3) is 2.15. The van der Waals surface area contributed by atoms with Crippen molar-refractivity contribution in [1.82, 2.24) is 9.47 Å². The minimum Gasteiger partial charge on any atom is -0.383 e. The Balaban J connectivity index is 2.00. The van der Waals surface area contributed by atoms with E-state index in [1.807, 2.05) is 17.8 Å². The minimum absolute atomic E-state index is 0.129. The number of carbonyl (C=O) groups is 1. The van der Waals surface area contributed by atoms with Crippen molar-refractivity contribution in [3.8, 4) is 0 Å². The summed E-state index contributed by atoms with van der Waals surface area (Å²) in [6.45, 7) is 5.25. The Hall–Kier alpha value is -1.65. The summed E-state index contributed by atoms with van der Waals surface area (Å²) < 4.78 is 7.19. The second-order valence-corrected chi connectivity index (χ2v) is 5.55. The van der Waals surface area contributed by atoms with E-state index in [0.29, 0.717) is 0 Å². The maximum Gasteiger partial charge on any atom is 0.161 e. The van der Waals surface area contributed by atoms with Crippen molar-refractivity contribution in [1.29, 1.82) is 0 Å². The van der Waals surface area contributed by atoms with E-state index in [9.17, 15) is 4.79 Å². The van der Waals surface area contributed by atoms with E-state index >= 15 is 0 Å². The quantitative estimate of drug-likeness (QED) is 0.801. The predicted molar refractivity (Wildman–Crippen MR) is 78.9 cm³/mol. The first-order chi connectivity index (χ1) is 9.60. The normalized spacial score (nSPS) is 14.9. The first-order valence-corrected chi connectivity index (χ1v) is 6.93. The summed E-state index contributed by atoms with van der Waals surface area (Å²) in [5.74, 6) is 0.129. The van der Waals surface area contributed by atoms with Gasteiger partial charge in [0.25, 0.3) is 0 Å². The molecule has 0 unspecified atom stereocenters. The van der Waals surface area contributed by atoms with E-state index in [0.717, 1.165) is 42.7 Å². The molecule has 0 fully saturated rings. The Kier molecular flexibility index (Phi) is 3.36. The van der Waals surface area contributed by atoms with Gasteiger partial charge < -0.3 is 9.30 Å². The molecule has 0 spiro atoms. The number of aryl methyl sites for hydroxylation is 1. The molecule has 0 amide bonds. The number of hydrogen-bond acceptors (Lipinski definition) is 3. The monoisotopic (exact) mass is 272 g/mol. The summed E-state index contributed by atoms with van der Waals surface area (Å²) in [4.78, 5) is 14.1. The molecule has 0 bridgehead atoms. The van der Waals surface area contributed by atoms with Gasteiger partial charge in [0.05, 0.1) is 6.61 Å². The van der Waals surface area contributed by atoms with Crippen molar-refractivity contribution in [2.75, 3.05) is 20.3 Å². The first-order valence-electron chi connectivity index (χ1n) is 6.93. The Morgan fingerprint density at radius 3 is 2.65 bits per heavy atom. The molecule has 106 valence electrons. The van der Waals surface area contributed by atoms with Crippen LogP contribution in [0.5, 0.6) is 0 Å². The smallest absolute Gasteiger partial charge is 0.161 e. The van der Waals surface area contributed by atoms with Crippen molar-refractivity contribution in [3.63, 3.8) is 0 Å². The molecule has 0 atom stereocenters. The fraction of sp³-hybridized carbons (Fsp3) is 0.438. The van der Waals surface area contributed by atoms with Crippen LogP contribution in [-0.2, 0) is 24.9 Å². The SMILES string of the molecule is COCCN1Cc2cc3c(C(C)=O)cn(C)c3cc2C1. The van der Waals surface area contributed by atoms with E-state index in [4.69, 9.17) is 4.74 Å². The lowest BCUT2D eigenvalue weighted by Gasteiger charge is -2.13. The molecule has 1 aromatic heterocycles. The highest BCUT2D eigenvalue weighted by Crippen LogP contribution is 2.30. The molecule has 20 heavy (non-hydrogen) atoms. The number of ketones is 1. The fourth-order valence-electron chi connectivity index (χ4n) is 3.01. The van der Waals surface area contributed by atoms with Crippen molar-refractivity contribution >= 4 is 16.7 Å². The molecule has 1 aliphatic heterocycles. The van der Waals surface area contributed by atoms with Crippen LogP contribution < -0.4 is 0 Å². The van der Waals surface area contributed by atoms with E-state index in [-0.39, 0.29) is 5.78 Å². The number of ether oxygens (including phenoxy) is 1. The fourth-order valence-corrected chi connectivity index (χ4v) is 3.01. The van der Waals surface area contributed by atoms with E-state index < -0.39 is 0 Å². The highest BCUT2D eigenvalue weighted by Gasteiger charge is 2.21. The lowest BCUT2D eigenvalue weighted by atomic mass is 10.0. The van der Waals surface area contributed by atoms with Crippen LogP contribution in [0.2, 0.25) is 0 Å². The average Bonchev–Trinajstić information content (AvgIpc) is 2.95. The molecule has 3 rings (SSSR count). The summed E-state index contributed by atoms with van der Waals surface area (Å²) in [5, 5.41) is 1.08. The zero-order chi connectivity index (χ0) is 14.3. The van der Waals surface area contributed by atoms with E-state index in [1.165, 1.54) is 11.1 Å². The van der Waals surface area contributed by atoms with Gasteiger partial charge in [0.1, 0.15) is 0 Å². The van der Waals surface area contributed by atoms with Crippen LogP contribution in [0, 0.1) is 0 Å². The third-order valence-corrected chi connectivity index (χ3v) is 4.09. The maximum absolute atomic E-state index is 11.7. The number of rotatable bonds is 4. The Morgan fingerprint density at radius 2 is 2.00 bits per heavy atom. The number of fused-ring (bicyclic) bond motifs is 2. The number of hydrogen-bond donors (Lipinski definition) is 0. The molecule has 0 N–H and O–H groups in total. The number of benzene rings is 1. The van der Waals surface area contributed by atoms with E-state index in [1.54, 1.807) is 14.0 Å². The second-order valence-electron chi connectivity index (χ2n) is 5.55. The second kappa shape index (κ2) is 5.04. The van der Waals surface area contributed by atoms with Crippen LogP contribution in [0.4, 0.5) is 0 Å². The van der Waals surface area contributed by atoms with Gasteiger partial charge in [-0.25, -0.2) is 0 Å². The number of nitrogens with zero attached hydrogens (tertiary/aromatic N) is 2. The third-order valence-electron chi connectivity index (χ3n) is 4.09. The van der Waals surface area contributed by atoms with Gasteiger partial charge in [-0.05, 0) is 30.2 Å². The summed E-state index contributed by atoms with van der Waals surface area (Å²) >= 11 is 0. The molecule has 2 heterocycles. The van der Waals surface area contributed by atoms with Crippen molar-refractivity contribution in [3.05, 3.63) is 35.0 Å². The van der Waals surface area contributed by atoms with Crippen LogP contribution in [0.25, 0.3) is 10.9 Å². The zero-order valence-corrected chi connectivity index (χ0v) is 12.3. The molecule has 1 aromatic carbocycles. The molecular weight excluding hydrogens is 252 g/mol. The molecular formula is C16H20N2O2. The average molecular weight is 272 g/mol. The van der Waals surface area contributed by atoms with Crippen LogP contribution in [0.15, 0.2) is 18.3 Å². The van der Waals surface area contributed by atoms with Crippen LogP contribution in [0.1, 0.15) is 28.4 Å². The van der Waals surface area contributed by atoms with Gasteiger partial charge in [0.15, 0.2) is 5.78 Å². The molecule has 0 aliphatic carbocycles. The number of methoxy groups -OCH3 is 1. The highest BCUT2D eigenvalue weighted by molar-refractivity contribution is 6.07. The molecule has 4 nitrogen and oxygen atoms in total.